The van der Waals surface area contributed by atoms with Crippen LogP contribution in [-0.4, -0.2) is 11.2 Å². The van der Waals surface area contributed by atoms with Gasteiger partial charge in [-0.25, -0.2) is 0 Å². The van der Waals surface area contributed by atoms with Crippen molar-refractivity contribution in [2.45, 2.75) is 51.6 Å². The minimum Gasteiger partial charge on any atom is -0.361 e. The number of nitrogens with zero attached hydrogens (tertiary/aromatic N) is 1. The summed E-state index contributed by atoms with van der Waals surface area (Å²) in [6, 6.07) is 11.3. The van der Waals surface area contributed by atoms with E-state index < -0.39 is 0 Å². The van der Waals surface area contributed by atoms with Crippen molar-refractivity contribution in [3.05, 3.63) is 52.9 Å². The number of hydrogen-bond donors (Lipinski definition) is 1. The molecule has 1 aromatic carbocycles. The molecule has 0 spiro atoms. The van der Waals surface area contributed by atoms with Gasteiger partial charge in [-0.2, -0.15) is 0 Å². The van der Waals surface area contributed by atoms with Gasteiger partial charge in [0.15, 0.2) is 0 Å². The fraction of sp³-hybridized carbons (Fsp3) is 0.471. The quantitative estimate of drug-likeness (QED) is 0.924. The molecule has 0 amide bonds. The maximum atomic E-state index is 5.51. The lowest BCUT2D eigenvalue weighted by molar-refractivity contribution is 0.361. The SMILES string of the molecule is CC(C)NCc1noc2c1CC(c1ccccc1)CC2. The largest absolute Gasteiger partial charge is 0.361 e. The molecular formula is C17H22N2O. The Bertz CT molecular complexity index is 560. The van der Waals surface area contributed by atoms with Crippen LogP contribution in [0.25, 0.3) is 0 Å². The molecule has 0 saturated heterocycles. The van der Waals surface area contributed by atoms with E-state index in [2.05, 4.69) is 54.7 Å². The Morgan fingerprint density at radius 2 is 2.10 bits per heavy atom. The molecule has 106 valence electrons. The lowest BCUT2D eigenvalue weighted by atomic mass is 9.82. The molecule has 1 heterocycles. The predicted octanol–water partition coefficient (Wildman–Crippen LogP) is 3.45. The van der Waals surface area contributed by atoms with Crippen molar-refractivity contribution in [1.29, 1.82) is 0 Å². The second-order valence-electron chi connectivity index (χ2n) is 5.92. The third kappa shape index (κ3) is 2.78. The highest BCUT2D eigenvalue weighted by Gasteiger charge is 2.26. The Morgan fingerprint density at radius 1 is 1.30 bits per heavy atom. The highest BCUT2D eigenvalue weighted by molar-refractivity contribution is 5.31. The van der Waals surface area contributed by atoms with Crippen LogP contribution >= 0.6 is 0 Å². The van der Waals surface area contributed by atoms with E-state index in [0.717, 1.165) is 37.3 Å². The number of aromatic nitrogens is 1. The first-order valence-corrected chi connectivity index (χ1v) is 7.48. The number of aryl methyl sites for hydroxylation is 1. The fourth-order valence-electron chi connectivity index (χ4n) is 2.91. The van der Waals surface area contributed by atoms with Crippen LogP contribution in [0.2, 0.25) is 0 Å². The van der Waals surface area contributed by atoms with E-state index in [-0.39, 0.29) is 0 Å². The molecule has 1 N–H and O–H groups in total. The van der Waals surface area contributed by atoms with E-state index in [9.17, 15) is 0 Å². The Morgan fingerprint density at radius 3 is 2.85 bits per heavy atom. The summed E-state index contributed by atoms with van der Waals surface area (Å²) in [4.78, 5) is 0. The van der Waals surface area contributed by atoms with E-state index in [1.165, 1.54) is 11.1 Å². The maximum absolute atomic E-state index is 5.51. The van der Waals surface area contributed by atoms with Crippen molar-refractivity contribution in [2.75, 3.05) is 0 Å². The summed E-state index contributed by atoms with van der Waals surface area (Å²) in [5, 5.41) is 7.69. The van der Waals surface area contributed by atoms with Crippen LogP contribution in [0.5, 0.6) is 0 Å². The standard InChI is InChI=1S/C17H22N2O/c1-12(2)18-11-16-15-10-14(8-9-17(15)20-19-16)13-6-4-3-5-7-13/h3-7,12,14,18H,8-11H2,1-2H3. The van der Waals surface area contributed by atoms with Crippen LogP contribution in [-0.2, 0) is 19.4 Å². The van der Waals surface area contributed by atoms with E-state index in [4.69, 9.17) is 4.52 Å². The highest BCUT2D eigenvalue weighted by Crippen LogP contribution is 2.34. The predicted molar refractivity (Wildman–Crippen MR) is 79.7 cm³/mol. The molecule has 0 fully saturated rings. The van der Waals surface area contributed by atoms with E-state index >= 15 is 0 Å². The first-order chi connectivity index (χ1) is 9.74. The minimum atomic E-state index is 0.468. The molecule has 3 heteroatoms. The van der Waals surface area contributed by atoms with Gasteiger partial charge in [0.25, 0.3) is 0 Å². The zero-order valence-corrected chi connectivity index (χ0v) is 12.2. The van der Waals surface area contributed by atoms with Gasteiger partial charge in [-0.05, 0) is 24.3 Å². The molecule has 1 aromatic heterocycles. The molecule has 0 saturated carbocycles. The summed E-state index contributed by atoms with van der Waals surface area (Å²) < 4.78 is 5.51. The zero-order valence-electron chi connectivity index (χ0n) is 12.2. The molecule has 3 nitrogen and oxygen atoms in total. The van der Waals surface area contributed by atoms with Crippen molar-refractivity contribution >= 4 is 0 Å². The Hall–Kier alpha value is -1.61. The monoisotopic (exact) mass is 270 g/mol. The number of fused-ring (bicyclic) bond motifs is 1. The smallest absolute Gasteiger partial charge is 0.140 e. The molecule has 1 atom stereocenters. The molecular weight excluding hydrogens is 248 g/mol. The van der Waals surface area contributed by atoms with Gasteiger partial charge in [-0.15, -0.1) is 0 Å². The van der Waals surface area contributed by atoms with Crippen molar-refractivity contribution in [3.63, 3.8) is 0 Å². The summed E-state index contributed by atoms with van der Waals surface area (Å²) in [6.45, 7) is 5.11. The van der Waals surface area contributed by atoms with Crippen LogP contribution in [0.4, 0.5) is 0 Å². The van der Waals surface area contributed by atoms with Crippen molar-refractivity contribution in [2.24, 2.45) is 0 Å². The fourth-order valence-corrected chi connectivity index (χ4v) is 2.91. The van der Waals surface area contributed by atoms with Crippen LogP contribution in [0.1, 0.15) is 48.8 Å². The van der Waals surface area contributed by atoms with Crippen molar-refractivity contribution in [1.82, 2.24) is 10.5 Å². The van der Waals surface area contributed by atoms with Gasteiger partial charge in [0, 0.05) is 24.6 Å². The normalized spacial score (nSPS) is 18.2. The summed E-state index contributed by atoms with van der Waals surface area (Å²) in [5.74, 6) is 1.69. The third-order valence-electron chi connectivity index (χ3n) is 4.07. The zero-order chi connectivity index (χ0) is 13.9. The summed E-state index contributed by atoms with van der Waals surface area (Å²) in [7, 11) is 0. The van der Waals surface area contributed by atoms with Crippen LogP contribution in [0.3, 0.4) is 0 Å². The van der Waals surface area contributed by atoms with E-state index in [1.807, 2.05) is 0 Å². The van der Waals surface area contributed by atoms with Crippen molar-refractivity contribution < 1.29 is 4.52 Å². The third-order valence-corrected chi connectivity index (χ3v) is 4.07. The van der Waals surface area contributed by atoms with Gasteiger partial charge >= 0.3 is 0 Å². The molecule has 0 radical (unpaired) electrons. The molecule has 0 aliphatic heterocycles. The average Bonchev–Trinajstić information content (AvgIpc) is 2.88. The topological polar surface area (TPSA) is 38.1 Å². The van der Waals surface area contributed by atoms with Gasteiger partial charge < -0.3 is 9.84 Å². The van der Waals surface area contributed by atoms with Gasteiger partial charge in [-0.1, -0.05) is 49.3 Å². The summed E-state index contributed by atoms with van der Waals surface area (Å²) in [5.41, 5.74) is 3.86. The first kappa shape index (κ1) is 13.4. The van der Waals surface area contributed by atoms with Gasteiger partial charge in [0.05, 0.1) is 0 Å². The lowest BCUT2D eigenvalue weighted by Gasteiger charge is -2.22. The van der Waals surface area contributed by atoms with Crippen molar-refractivity contribution in [3.8, 4) is 0 Å². The van der Waals surface area contributed by atoms with Crippen LogP contribution < -0.4 is 5.32 Å². The van der Waals surface area contributed by atoms with Crippen LogP contribution in [0.15, 0.2) is 34.9 Å². The Kier molecular flexibility index (Phi) is 3.88. The molecule has 1 unspecified atom stereocenters. The molecule has 2 aromatic rings. The van der Waals surface area contributed by atoms with Gasteiger partial charge in [0.2, 0.25) is 0 Å². The second kappa shape index (κ2) is 5.80. The summed E-state index contributed by atoms with van der Waals surface area (Å²) in [6.07, 6.45) is 3.21. The molecule has 3 rings (SSSR count). The minimum absolute atomic E-state index is 0.468. The van der Waals surface area contributed by atoms with E-state index in [0.29, 0.717) is 12.0 Å². The lowest BCUT2D eigenvalue weighted by Crippen LogP contribution is -2.23. The van der Waals surface area contributed by atoms with E-state index in [1.54, 1.807) is 0 Å². The molecule has 20 heavy (non-hydrogen) atoms. The Labute approximate surface area is 120 Å². The van der Waals surface area contributed by atoms with Crippen LogP contribution in [0, 0.1) is 0 Å². The van der Waals surface area contributed by atoms with Gasteiger partial charge in [-0.3, -0.25) is 0 Å². The number of rotatable bonds is 4. The molecule has 0 bridgehead atoms. The second-order valence-corrected chi connectivity index (χ2v) is 5.92. The first-order valence-electron chi connectivity index (χ1n) is 7.48. The number of benzene rings is 1. The average molecular weight is 270 g/mol. The molecule has 1 aliphatic carbocycles. The number of nitrogens with one attached hydrogen (secondary N) is 1. The highest BCUT2D eigenvalue weighted by atomic mass is 16.5. The molecule has 1 aliphatic rings. The number of hydrogen-bond acceptors (Lipinski definition) is 3. The van der Waals surface area contributed by atoms with Gasteiger partial charge in [0.1, 0.15) is 11.5 Å². The maximum Gasteiger partial charge on any atom is 0.140 e. The summed E-state index contributed by atoms with van der Waals surface area (Å²) >= 11 is 0. The Balaban J connectivity index is 1.77.